The number of nitrogens with zero attached hydrogens (tertiary/aromatic N) is 1. The van der Waals surface area contributed by atoms with Crippen molar-refractivity contribution in [3.05, 3.63) is 23.9 Å². The first-order valence-electron chi connectivity index (χ1n) is 9.12. The van der Waals surface area contributed by atoms with Crippen LogP contribution < -0.4 is 10.6 Å². The van der Waals surface area contributed by atoms with Gasteiger partial charge in [-0.15, -0.1) is 0 Å². The monoisotopic (exact) mass is 457 g/mol. The van der Waals surface area contributed by atoms with Gasteiger partial charge in [0.25, 0.3) is 26.1 Å². The number of aliphatic hydroxyl groups excluding tert-OH is 1. The van der Waals surface area contributed by atoms with E-state index in [4.69, 9.17) is 9.11 Å². The lowest BCUT2D eigenvalue weighted by Gasteiger charge is -2.18. The fourth-order valence-electron chi connectivity index (χ4n) is 2.22. The summed E-state index contributed by atoms with van der Waals surface area (Å²) < 4.78 is 60.5. The summed E-state index contributed by atoms with van der Waals surface area (Å²) in [7, 11) is -8.51. The van der Waals surface area contributed by atoms with Crippen molar-refractivity contribution in [2.75, 3.05) is 37.7 Å². The van der Waals surface area contributed by atoms with Crippen molar-refractivity contribution in [2.45, 2.75) is 32.9 Å². The number of hydrogen-bond acceptors (Lipinski definition) is 8. The van der Waals surface area contributed by atoms with Crippen LogP contribution in [-0.4, -0.2) is 85.8 Å². The SMILES string of the molecule is CCCN(C=CC=C(C(=O)NCCS(=O)(=O)O)C(O)NCCS(=O)(=O)O)CCC. The summed E-state index contributed by atoms with van der Waals surface area (Å²) in [5.74, 6) is -2.17. The van der Waals surface area contributed by atoms with E-state index in [0.29, 0.717) is 0 Å². The highest BCUT2D eigenvalue weighted by Crippen LogP contribution is 2.03. The summed E-state index contributed by atoms with van der Waals surface area (Å²) in [5, 5.41) is 14.8. The topological polar surface area (TPSA) is 173 Å². The van der Waals surface area contributed by atoms with Gasteiger partial charge in [-0.2, -0.15) is 16.8 Å². The Bertz CT molecular complexity index is 757. The standard InChI is InChI=1S/C16H31N3O8S2/c1-3-9-19(10-4-2)11-5-6-14(15(20)17-7-12-28(22,23)24)16(21)18-8-13-29(25,26)27/h5-6,11,15,17,20H,3-4,7-10,12-13H2,1-2H3,(H,18,21)(H,22,23,24)(H,25,26,27). The Morgan fingerprint density at radius 3 is 2.00 bits per heavy atom. The minimum Gasteiger partial charge on any atom is -0.377 e. The molecule has 0 aliphatic carbocycles. The zero-order chi connectivity index (χ0) is 22.5. The van der Waals surface area contributed by atoms with Crippen LogP contribution in [0.5, 0.6) is 0 Å². The van der Waals surface area contributed by atoms with Crippen LogP contribution in [0.2, 0.25) is 0 Å². The number of allylic oxidation sites excluding steroid dienone is 2. The van der Waals surface area contributed by atoms with E-state index in [2.05, 4.69) is 10.6 Å². The molecule has 0 rings (SSSR count). The highest BCUT2D eigenvalue weighted by molar-refractivity contribution is 7.86. The molecular weight excluding hydrogens is 426 g/mol. The van der Waals surface area contributed by atoms with Crippen molar-refractivity contribution >= 4 is 26.1 Å². The van der Waals surface area contributed by atoms with E-state index in [1.54, 1.807) is 6.20 Å². The van der Waals surface area contributed by atoms with Crippen molar-refractivity contribution in [3.63, 3.8) is 0 Å². The molecule has 1 unspecified atom stereocenters. The van der Waals surface area contributed by atoms with Crippen LogP contribution in [0.25, 0.3) is 0 Å². The Balaban J connectivity index is 5.25. The van der Waals surface area contributed by atoms with Gasteiger partial charge in [-0.1, -0.05) is 13.8 Å². The number of hydrogen-bond donors (Lipinski definition) is 5. The normalized spacial score (nSPS) is 14.2. The summed E-state index contributed by atoms with van der Waals surface area (Å²) in [6.07, 6.45) is 4.85. The Kier molecular flexibility index (Phi) is 13.0. The van der Waals surface area contributed by atoms with E-state index in [1.807, 2.05) is 18.7 Å². The predicted molar refractivity (Wildman–Crippen MR) is 109 cm³/mol. The summed E-state index contributed by atoms with van der Waals surface area (Å²) in [5.41, 5.74) is -0.195. The van der Waals surface area contributed by atoms with E-state index in [-0.39, 0.29) is 18.7 Å². The first-order chi connectivity index (χ1) is 13.4. The average molecular weight is 458 g/mol. The first kappa shape index (κ1) is 27.5. The van der Waals surface area contributed by atoms with E-state index in [9.17, 15) is 26.7 Å². The van der Waals surface area contributed by atoms with Crippen LogP contribution in [0.4, 0.5) is 0 Å². The number of rotatable bonds is 15. The lowest BCUT2D eigenvalue weighted by Crippen LogP contribution is -2.41. The molecule has 13 heteroatoms. The first-order valence-corrected chi connectivity index (χ1v) is 12.3. The molecule has 29 heavy (non-hydrogen) atoms. The van der Waals surface area contributed by atoms with E-state index < -0.39 is 43.9 Å². The van der Waals surface area contributed by atoms with Crippen molar-refractivity contribution in [3.8, 4) is 0 Å². The zero-order valence-corrected chi connectivity index (χ0v) is 18.2. The largest absolute Gasteiger partial charge is 0.377 e. The lowest BCUT2D eigenvalue weighted by molar-refractivity contribution is -0.118. The van der Waals surface area contributed by atoms with Crippen molar-refractivity contribution in [1.29, 1.82) is 0 Å². The number of carbonyl (C=O) groups is 1. The average Bonchev–Trinajstić information content (AvgIpc) is 2.56. The van der Waals surface area contributed by atoms with E-state index in [1.165, 1.54) is 12.2 Å². The third-order valence-corrected chi connectivity index (χ3v) is 4.93. The highest BCUT2D eigenvalue weighted by Gasteiger charge is 2.19. The maximum Gasteiger partial charge on any atom is 0.266 e. The smallest absolute Gasteiger partial charge is 0.266 e. The van der Waals surface area contributed by atoms with Gasteiger partial charge < -0.3 is 15.3 Å². The van der Waals surface area contributed by atoms with E-state index in [0.717, 1.165) is 25.9 Å². The molecule has 0 spiro atoms. The van der Waals surface area contributed by atoms with Crippen LogP contribution in [0, 0.1) is 0 Å². The Morgan fingerprint density at radius 1 is 1.00 bits per heavy atom. The van der Waals surface area contributed by atoms with Crippen LogP contribution in [-0.2, 0) is 25.0 Å². The van der Waals surface area contributed by atoms with Crippen molar-refractivity contribution in [2.24, 2.45) is 0 Å². The molecule has 1 atom stereocenters. The third-order valence-electron chi connectivity index (χ3n) is 3.49. The van der Waals surface area contributed by atoms with Gasteiger partial charge in [-0.25, -0.2) is 0 Å². The molecule has 0 saturated carbocycles. The lowest BCUT2D eigenvalue weighted by atomic mass is 10.2. The molecule has 0 bridgehead atoms. The van der Waals surface area contributed by atoms with Crippen LogP contribution in [0.3, 0.4) is 0 Å². The van der Waals surface area contributed by atoms with Crippen LogP contribution in [0.1, 0.15) is 26.7 Å². The molecule has 0 saturated heterocycles. The Hall–Kier alpha value is -1.51. The van der Waals surface area contributed by atoms with Gasteiger partial charge in [0.1, 0.15) is 6.23 Å². The molecule has 1 amide bonds. The van der Waals surface area contributed by atoms with Crippen LogP contribution >= 0.6 is 0 Å². The maximum absolute atomic E-state index is 12.3. The van der Waals surface area contributed by atoms with Crippen LogP contribution in [0.15, 0.2) is 23.9 Å². The summed E-state index contributed by atoms with van der Waals surface area (Å²) in [4.78, 5) is 14.3. The molecule has 0 aromatic carbocycles. The van der Waals surface area contributed by atoms with Gasteiger partial charge in [-0.3, -0.25) is 19.2 Å². The summed E-state index contributed by atoms with van der Waals surface area (Å²) in [6, 6.07) is 0. The number of nitrogens with one attached hydrogen (secondary N) is 2. The molecule has 0 heterocycles. The second kappa shape index (κ2) is 13.7. The molecule has 0 aromatic heterocycles. The Morgan fingerprint density at radius 2 is 1.52 bits per heavy atom. The minimum atomic E-state index is -4.26. The molecular formula is C16H31N3O8S2. The van der Waals surface area contributed by atoms with Gasteiger partial charge in [0.15, 0.2) is 0 Å². The molecule has 0 aliphatic rings. The number of aliphatic hydroxyl groups is 1. The number of amides is 1. The predicted octanol–water partition coefficient (Wildman–Crippen LogP) is -0.652. The maximum atomic E-state index is 12.3. The second-order valence-electron chi connectivity index (χ2n) is 6.18. The Labute approximate surface area is 172 Å². The minimum absolute atomic E-state index is 0.195. The molecule has 5 N–H and O–H groups in total. The van der Waals surface area contributed by atoms with Crippen molar-refractivity contribution < 1.29 is 35.8 Å². The molecule has 11 nitrogen and oxygen atoms in total. The number of carbonyl (C=O) groups excluding carboxylic acids is 1. The van der Waals surface area contributed by atoms with Crippen molar-refractivity contribution in [1.82, 2.24) is 15.5 Å². The van der Waals surface area contributed by atoms with Gasteiger partial charge in [0.2, 0.25) is 0 Å². The van der Waals surface area contributed by atoms with Gasteiger partial charge in [0, 0.05) is 26.2 Å². The zero-order valence-electron chi connectivity index (χ0n) is 16.6. The molecule has 0 aromatic rings. The summed E-state index contributed by atoms with van der Waals surface area (Å²) in [6.45, 7) is 4.92. The van der Waals surface area contributed by atoms with Gasteiger partial charge in [-0.05, 0) is 31.2 Å². The third kappa shape index (κ3) is 15.1. The van der Waals surface area contributed by atoms with E-state index >= 15 is 0 Å². The fourth-order valence-corrected chi connectivity index (χ4v) is 2.96. The molecule has 170 valence electrons. The van der Waals surface area contributed by atoms with Gasteiger partial charge in [0.05, 0.1) is 17.1 Å². The summed E-state index contributed by atoms with van der Waals surface area (Å²) >= 11 is 0. The molecule has 0 aliphatic heterocycles. The fraction of sp³-hybridized carbons (Fsp3) is 0.688. The second-order valence-corrected chi connectivity index (χ2v) is 9.33. The quantitative estimate of drug-likeness (QED) is 0.0920. The molecule has 0 radical (unpaired) electrons. The van der Waals surface area contributed by atoms with Gasteiger partial charge >= 0.3 is 0 Å². The highest BCUT2D eigenvalue weighted by atomic mass is 32.2. The molecule has 0 fully saturated rings.